The van der Waals surface area contributed by atoms with E-state index in [4.69, 9.17) is 0 Å². The maximum absolute atomic E-state index is 12.1. The molecule has 0 heterocycles. The van der Waals surface area contributed by atoms with Gasteiger partial charge in [-0.3, -0.25) is 0 Å². The molecule has 1 rings (SSSR count). The Morgan fingerprint density at radius 2 is 1.47 bits per heavy atom. The van der Waals surface area contributed by atoms with Crippen LogP contribution in [0.2, 0.25) is 0 Å². The molecule has 0 N–H and O–H groups in total. The predicted octanol–water partition coefficient (Wildman–Crippen LogP) is -1.85. The van der Waals surface area contributed by atoms with E-state index in [2.05, 4.69) is 0 Å². The predicted molar refractivity (Wildman–Crippen MR) is 48.3 cm³/mol. The molecule has 0 radical (unpaired) electrons. The molecule has 0 aromatic heterocycles. The van der Waals surface area contributed by atoms with E-state index < -0.39 is 22.3 Å². The second-order valence-electron chi connectivity index (χ2n) is 2.92. The molecule has 8 heteroatoms. The monoisotopic (exact) mass is 262 g/mol. The summed E-state index contributed by atoms with van der Waals surface area (Å²) in [4.78, 5) is -0.110. The topological polar surface area (TPSA) is 34.1 Å². The van der Waals surface area contributed by atoms with Crippen LogP contribution in [-0.2, 0) is 9.84 Å². The first-order valence-corrected chi connectivity index (χ1v) is 5.60. The molecule has 0 aliphatic rings. The maximum atomic E-state index is 12.1. The van der Waals surface area contributed by atoms with Crippen molar-refractivity contribution >= 4 is 22.3 Å². The van der Waals surface area contributed by atoms with Gasteiger partial charge in [0.25, 0.3) is 0 Å². The summed E-state index contributed by atoms with van der Waals surface area (Å²) in [6, 6.07) is 3.46. The summed E-state index contributed by atoms with van der Waals surface area (Å²) in [5.41, 5.74) is -0.794. The Morgan fingerprint density at radius 3 is 1.73 bits per heavy atom. The van der Waals surface area contributed by atoms with Crippen LogP contribution >= 0.6 is 0 Å². The van der Waals surface area contributed by atoms with Gasteiger partial charge in [0.2, 0.25) is 0 Å². The van der Waals surface area contributed by atoms with E-state index in [0.717, 1.165) is 30.5 Å². The van der Waals surface area contributed by atoms with Gasteiger partial charge in [-0.1, -0.05) is 12.1 Å². The van der Waals surface area contributed by atoms with Crippen molar-refractivity contribution in [1.29, 1.82) is 0 Å². The van der Waals surface area contributed by atoms with Gasteiger partial charge in [-0.2, -0.15) is 0 Å². The SMILES string of the molecule is CS(=O)(=O)c1ccc([B-](F)(F)F)cc1.[K+]. The molecule has 0 amide bonds. The summed E-state index contributed by atoms with van der Waals surface area (Å²) in [5.74, 6) is 0. The van der Waals surface area contributed by atoms with Crippen molar-refractivity contribution in [2.45, 2.75) is 4.90 Å². The van der Waals surface area contributed by atoms with Gasteiger partial charge in [-0.05, 0) is 12.1 Å². The number of hydrogen-bond donors (Lipinski definition) is 0. The first kappa shape index (κ1) is 15.7. The minimum Gasteiger partial charge on any atom is -0.445 e. The van der Waals surface area contributed by atoms with Crippen LogP contribution in [0.25, 0.3) is 0 Å². The number of halogens is 3. The second-order valence-corrected chi connectivity index (χ2v) is 4.93. The summed E-state index contributed by atoms with van der Waals surface area (Å²) >= 11 is 0. The molecule has 0 spiro atoms. The molecular formula is C7H7BF3KO2S. The molecule has 0 fully saturated rings. The fourth-order valence-corrected chi connectivity index (χ4v) is 1.56. The number of hydrogen-bond acceptors (Lipinski definition) is 2. The third-order valence-corrected chi connectivity index (χ3v) is 2.81. The first-order valence-electron chi connectivity index (χ1n) is 3.71. The molecular weight excluding hydrogens is 255 g/mol. The molecule has 0 aliphatic heterocycles. The van der Waals surface area contributed by atoms with Crippen LogP contribution in [0, 0.1) is 0 Å². The van der Waals surface area contributed by atoms with Gasteiger partial charge in [0.1, 0.15) is 0 Å². The zero-order valence-corrected chi connectivity index (χ0v) is 12.2. The van der Waals surface area contributed by atoms with Crippen LogP contribution < -0.4 is 56.8 Å². The zero-order chi connectivity index (χ0) is 11.0. The third kappa shape index (κ3) is 4.58. The summed E-state index contributed by atoms with van der Waals surface area (Å²) in [6.07, 6.45) is 0.945. The summed E-state index contributed by atoms with van der Waals surface area (Å²) in [6.45, 7) is -5.05. The minimum absolute atomic E-state index is 0. The normalized spacial score (nSPS) is 12.0. The van der Waals surface area contributed by atoms with Crippen molar-refractivity contribution in [2.24, 2.45) is 0 Å². The summed E-state index contributed by atoms with van der Waals surface area (Å²) < 4.78 is 58.2. The number of rotatable bonds is 2. The average Bonchev–Trinajstić information content (AvgIpc) is 2.01. The summed E-state index contributed by atoms with van der Waals surface area (Å²) in [7, 11) is -3.43. The Bertz CT molecular complexity index is 427. The largest absolute Gasteiger partial charge is 1.00 e. The van der Waals surface area contributed by atoms with Crippen molar-refractivity contribution < 1.29 is 72.7 Å². The maximum Gasteiger partial charge on any atom is 1.00 e. The molecule has 0 aliphatic carbocycles. The van der Waals surface area contributed by atoms with E-state index in [9.17, 15) is 21.4 Å². The van der Waals surface area contributed by atoms with Crippen molar-refractivity contribution in [3.8, 4) is 0 Å². The van der Waals surface area contributed by atoms with Gasteiger partial charge in [0.05, 0.1) is 4.90 Å². The van der Waals surface area contributed by atoms with Crippen molar-refractivity contribution in [3.63, 3.8) is 0 Å². The van der Waals surface area contributed by atoms with Crippen molar-refractivity contribution in [3.05, 3.63) is 24.3 Å². The van der Waals surface area contributed by atoms with E-state index >= 15 is 0 Å². The zero-order valence-electron chi connectivity index (χ0n) is 8.25. The van der Waals surface area contributed by atoms with Crippen LogP contribution in [0.15, 0.2) is 29.2 Å². The van der Waals surface area contributed by atoms with Crippen molar-refractivity contribution in [1.82, 2.24) is 0 Å². The number of sulfone groups is 1. The molecule has 0 unspecified atom stereocenters. The van der Waals surface area contributed by atoms with E-state index in [1.54, 1.807) is 0 Å². The molecule has 1 aromatic carbocycles. The Morgan fingerprint density at radius 1 is 1.07 bits per heavy atom. The van der Waals surface area contributed by atoms with E-state index in [1.807, 2.05) is 0 Å². The van der Waals surface area contributed by atoms with E-state index in [1.165, 1.54) is 0 Å². The Hall–Kier alpha value is 0.661. The Balaban J connectivity index is 0.00000196. The molecule has 2 nitrogen and oxygen atoms in total. The molecule has 15 heavy (non-hydrogen) atoms. The Kier molecular flexibility index (Phi) is 5.56. The average molecular weight is 262 g/mol. The van der Waals surface area contributed by atoms with Gasteiger partial charge in [0, 0.05) is 6.26 Å². The van der Waals surface area contributed by atoms with Crippen LogP contribution in [0.1, 0.15) is 0 Å². The number of benzene rings is 1. The van der Waals surface area contributed by atoms with E-state index in [-0.39, 0.29) is 56.3 Å². The first-order chi connectivity index (χ1) is 6.21. The molecule has 78 valence electrons. The quantitative estimate of drug-likeness (QED) is 0.586. The molecule has 1 aromatic rings. The molecule has 0 saturated heterocycles. The van der Waals surface area contributed by atoms with Gasteiger partial charge < -0.3 is 12.9 Å². The van der Waals surface area contributed by atoms with Gasteiger partial charge in [-0.25, -0.2) is 8.42 Å². The van der Waals surface area contributed by atoms with E-state index in [0.29, 0.717) is 0 Å². The van der Waals surface area contributed by atoms with Crippen LogP contribution in [-0.4, -0.2) is 21.7 Å². The van der Waals surface area contributed by atoms with Gasteiger partial charge >= 0.3 is 58.4 Å². The Labute approximate surface area is 129 Å². The molecule has 0 saturated carbocycles. The van der Waals surface area contributed by atoms with Crippen molar-refractivity contribution in [2.75, 3.05) is 6.26 Å². The van der Waals surface area contributed by atoms with Gasteiger partial charge in [0.15, 0.2) is 9.84 Å². The second kappa shape index (κ2) is 5.33. The smallest absolute Gasteiger partial charge is 0.445 e. The molecule has 0 bridgehead atoms. The van der Waals surface area contributed by atoms with Crippen LogP contribution in [0.4, 0.5) is 12.9 Å². The minimum atomic E-state index is -5.05. The van der Waals surface area contributed by atoms with Crippen LogP contribution in [0.5, 0.6) is 0 Å². The summed E-state index contributed by atoms with van der Waals surface area (Å²) in [5, 5.41) is 0. The third-order valence-electron chi connectivity index (χ3n) is 1.69. The fourth-order valence-electron chi connectivity index (χ4n) is 0.933. The molecule has 0 atom stereocenters. The van der Waals surface area contributed by atoms with Crippen LogP contribution in [0.3, 0.4) is 0 Å². The van der Waals surface area contributed by atoms with Gasteiger partial charge in [-0.15, -0.1) is 5.46 Å². The standard InChI is InChI=1S/C7H7BF3O2S.K/c1-14(12,13)7-4-2-6(3-5-7)8(9,10)11;/h2-5H,1H3;/q-1;+1. The fraction of sp³-hybridized carbons (Fsp3) is 0.143.